The van der Waals surface area contributed by atoms with E-state index in [0.29, 0.717) is 26.1 Å². The van der Waals surface area contributed by atoms with Crippen LogP contribution in [-0.4, -0.2) is 29.0 Å². The third-order valence-corrected chi connectivity index (χ3v) is 4.43. The molecule has 20 heavy (non-hydrogen) atoms. The molecule has 0 saturated carbocycles. The van der Waals surface area contributed by atoms with Gasteiger partial charge in [0.2, 0.25) is 0 Å². The highest BCUT2D eigenvalue weighted by molar-refractivity contribution is 8.04. The zero-order valence-corrected chi connectivity index (χ0v) is 13.6. The molecule has 0 aliphatic carbocycles. The minimum atomic E-state index is -0.331. The predicted molar refractivity (Wildman–Crippen MR) is 83.9 cm³/mol. The lowest BCUT2D eigenvalue weighted by molar-refractivity contribution is -0.134. The SMILES string of the molecule is CC(C)SC1=C(c2ccc(Cl)cc2Cl)C(=O)N(C)C1=O. The van der Waals surface area contributed by atoms with Crippen LogP contribution in [0.2, 0.25) is 10.0 Å². The van der Waals surface area contributed by atoms with E-state index < -0.39 is 0 Å². The number of nitrogens with zero attached hydrogens (tertiary/aromatic N) is 1. The number of carbonyl (C=O) groups excluding carboxylic acids is 2. The summed E-state index contributed by atoms with van der Waals surface area (Å²) in [6.07, 6.45) is 0. The number of imide groups is 1. The Morgan fingerprint density at radius 3 is 2.35 bits per heavy atom. The predicted octanol–water partition coefficient (Wildman–Crippen LogP) is 3.84. The van der Waals surface area contributed by atoms with Crippen LogP contribution < -0.4 is 0 Å². The molecule has 0 atom stereocenters. The lowest BCUT2D eigenvalue weighted by Crippen LogP contribution is -2.26. The highest BCUT2D eigenvalue weighted by atomic mass is 35.5. The van der Waals surface area contributed by atoms with Crippen molar-refractivity contribution in [3.8, 4) is 0 Å². The second-order valence-electron chi connectivity index (χ2n) is 4.66. The molecular weight excluding hydrogens is 317 g/mol. The van der Waals surface area contributed by atoms with E-state index in [1.54, 1.807) is 18.2 Å². The van der Waals surface area contributed by atoms with Crippen LogP contribution in [0.15, 0.2) is 23.1 Å². The number of rotatable bonds is 3. The Kier molecular flexibility index (Phi) is 4.47. The zero-order chi connectivity index (χ0) is 15.0. The van der Waals surface area contributed by atoms with Gasteiger partial charge in [-0.2, -0.15) is 0 Å². The minimum Gasteiger partial charge on any atom is -0.277 e. The molecule has 1 heterocycles. The molecule has 0 saturated heterocycles. The average molecular weight is 330 g/mol. The van der Waals surface area contributed by atoms with E-state index in [4.69, 9.17) is 23.2 Å². The quantitative estimate of drug-likeness (QED) is 0.790. The first kappa shape index (κ1) is 15.4. The smallest absolute Gasteiger partial charge is 0.267 e. The number of thioether (sulfide) groups is 1. The first-order chi connectivity index (χ1) is 9.32. The van der Waals surface area contributed by atoms with Crippen LogP contribution >= 0.6 is 35.0 Å². The molecule has 1 aliphatic heterocycles. The van der Waals surface area contributed by atoms with Crippen LogP contribution in [0, 0.1) is 0 Å². The lowest BCUT2D eigenvalue weighted by atomic mass is 10.1. The van der Waals surface area contributed by atoms with E-state index >= 15 is 0 Å². The van der Waals surface area contributed by atoms with Crippen molar-refractivity contribution in [3.05, 3.63) is 38.7 Å². The Labute approximate surface area is 131 Å². The van der Waals surface area contributed by atoms with Crippen molar-refractivity contribution < 1.29 is 9.59 Å². The number of hydrogen-bond acceptors (Lipinski definition) is 3. The fraction of sp³-hybridized carbons (Fsp3) is 0.286. The molecular formula is C14H13Cl2NO2S. The van der Waals surface area contributed by atoms with Crippen molar-refractivity contribution in [3.63, 3.8) is 0 Å². The molecule has 2 amide bonds. The van der Waals surface area contributed by atoms with Crippen LogP contribution in [-0.2, 0) is 9.59 Å². The van der Waals surface area contributed by atoms with Crippen LogP contribution in [0.4, 0.5) is 0 Å². The van der Waals surface area contributed by atoms with Crippen molar-refractivity contribution in [2.45, 2.75) is 19.1 Å². The highest BCUT2D eigenvalue weighted by Gasteiger charge is 2.37. The molecule has 0 spiro atoms. The average Bonchev–Trinajstić information content (AvgIpc) is 2.55. The van der Waals surface area contributed by atoms with Gasteiger partial charge in [0.05, 0.1) is 15.5 Å². The molecule has 106 valence electrons. The summed E-state index contributed by atoms with van der Waals surface area (Å²) in [5.41, 5.74) is 0.903. The Hall–Kier alpha value is -0.970. The molecule has 1 aromatic rings. The van der Waals surface area contributed by atoms with Crippen LogP contribution in [0.25, 0.3) is 5.57 Å². The maximum Gasteiger partial charge on any atom is 0.267 e. The molecule has 1 aromatic carbocycles. The molecule has 0 bridgehead atoms. The Morgan fingerprint density at radius 1 is 1.15 bits per heavy atom. The van der Waals surface area contributed by atoms with E-state index in [9.17, 15) is 9.59 Å². The summed E-state index contributed by atoms with van der Waals surface area (Å²) in [4.78, 5) is 26.0. The van der Waals surface area contributed by atoms with Gasteiger partial charge in [0.15, 0.2) is 0 Å². The first-order valence-electron chi connectivity index (χ1n) is 6.01. The summed E-state index contributed by atoms with van der Waals surface area (Å²) in [6.45, 7) is 3.93. The Bertz CT molecular complexity index is 626. The van der Waals surface area contributed by atoms with Crippen LogP contribution in [0.3, 0.4) is 0 Å². The maximum absolute atomic E-state index is 12.3. The molecule has 2 rings (SSSR count). The number of benzene rings is 1. The second-order valence-corrected chi connectivity index (χ2v) is 7.09. The van der Waals surface area contributed by atoms with E-state index in [0.717, 1.165) is 4.90 Å². The fourth-order valence-electron chi connectivity index (χ4n) is 1.89. The summed E-state index contributed by atoms with van der Waals surface area (Å²) < 4.78 is 0. The van der Waals surface area contributed by atoms with E-state index in [1.165, 1.54) is 18.8 Å². The molecule has 6 heteroatoms. The zero-order valence-electron chi connectivity index (χ0n) is 11.2. The van der Waals surface area contributed by atoms with E-state index in [-0.39, 0.29) is 17.1 Å². The molecule has 0 aromatic heterocycles. The number of hydrogen-bond donors (Lipinski definition) is 0. The van der Waals surface area contributed by atoms with Crippen LogP contribution in [0.1, 0.15) is 19.4 Å². The van der Waals surface area contributed by atoms with E-state index in [1.807, 2.05) is 13.8 Å². The van der Waals surface area contributed by atoms with Gasteiger partial charge in [-0.25, -0.2) is 0 Å². The molecule has 0 fully saturated rings. The van der Waals surface area contributed by atoms with Crippen molar-refractivity contribution in [1.29, 1.82) is 0 Å². The van der Waals surface area contributed by atoms with Gasteiger partial charge in [0.25, 0.3) is 11.8 Å². The third kappa shape index (κ3) is 2.73. The molecule has 0 radical (unpaired) electrons. The van der Waals surface area contributed by atoms with Gasteiger partial charge in [0.1, 0.15) is 0 Å². The summed E-state index contributed by atoms with van der Waals surface area (Å²) in [6, 6.07) is 4.90. The summed E-state index contributed by atoms with van der Waals surface area (Å²) in [5.74, 6) is -0.614. The third-order valence-electron chi connectivity index (χ3n) is 2.80. The van der Waals surface area contributed by atoms with Gasteiger partial charge >= 0.3 is 0 Å². The fourth-order valence-corrected chi connectivity index (χ4v) is 3.42. The summed E-state index contributed by atoms with van der Waals surface area (Å²) in [7, 11) is 1.47. The molecule has 1 aliphatic rings. The largest absolute Gasteiger partial charge is 0.277 e. The number of halogens is 2. The monoisotopic (exact) mass is 329 g/mol. The number of carbonyl (C=O) groups is 2. The van der Waals surface area contributed by atoms with Gasteiger partial charge < -0.3 is 0 Å². The Balaban J connectivity index is 2.61. The van der Waals surface area contributed by atoms with Crippen LogP contribution in [0.5, 0.6) is 0 Å². The van der Waals surface area contributed by atoms with Gasteiger partial charge in [-0.1, -0.05) is 43.1 Å². The van der Waals surface area contributed by atoms with E-state index in [2.05, 4.69) is 0 Å². The highest BCUT2D eigenvalue weighted by Crippen LogP contribution is 2.39. The van der Waals surface area contributed by atoms with Gasteiger partial charge in [-0.15, -0.1) is 11.8 Å². The first-order valence-corrected chi connectivity index (χ1v) is 7.65. The molecule has 3 nitrogen and oxygen atoms in total. The summed E-state index contributed by atoms with van der Waals surface area (Å²) in [5, 5.41) is 1.04. The standard InChI is InChI=1S/C14H13Cl2NO2S/c1-7(2)20-12-11(13(18)17(3)14(12)19)9-5-4-8(15)6-10(9)16/h4-7H,1-3H3. The van der Waals surface area contributed by atoms with Crippen molar-refractivity contribution in [1.82, 2.24) is 4.90 Å². The van der Waals surface area contributed by atoms with Gasteiger partial charge in [-0.05, 0) is 12.1 Å². The Morgan fingerprint density at radius 2 is 1.80 bits per heavy atom. The number of likely N-dealkylation sites (N-methyl/N-ethyl adjacent to an activating group) is 1. The number of amides is 2. The molecule has 0 unspecified atom stereocenters. The summed E-state index contributed by atoms with van der Waals surface area (Å²) >= 11 is 13.4. The molecule has 0 N–H and O–H groups in total. The van der Waals surface area contributed by atoms with Gasteiger partial charge in [0, 0.05) is 22.9 Å². The topological polar surface area (TPSA) is 37.4 Å². The second kappa shape index (κ2) is 5.80. The van der Waals surface area contributed by atoms with Crippen molar-refractivity contribution in [2.75, 3.05) is 7.05 Å². The van der Waals surface area contributed by atoms with Crippen molar-refractivity contribution >= 4 is 52.4 Å². The van der Waals surface area contributed by atoms with Gasteiger partial charge in [-0.3, -0.25) is 14.5 Å². The van der Waals surface area contributed by atoms with Crippen molar-refractivity contribution in [2.24, 2.45) is 0 Å². The lowest BCUT2D eigenvalue weighted by Gasteiger charge is -2.08. The maximum atomic E-state index is 12.3. The normalized spacial score (nSPS) is 15.8. The minimum absolute atomic E-state index is 0.189.